The van der Waals surface area contributed by atoms with E-state index in [4.69, 9.17) is 16.3 Å². The highest BCUT2D eigenvalue weighted by Gasteiger charge is 2.24. The molecule has 23 heavy (non-hydrogen) atoms. The third kappa shape index (κ3) is 7.36. The molecule has 0 aliphatic carbocycles. The van der Waals surface area contributed by atoms with E-state index in [1.165, 1.54) is 0 Å². The number of halogens is 1. The Kier molecular flexibility index (Phi) is 8.07. The number of rotatable bonds is 8. The molecule has 1 aromatic rings. The Balaban J connectivity index is 2.68. The fraction of sp³-hybridized carbons (Fsp3) is 0.632. The van der Waals surface area contributed by atoms with Gasteiger partial charge in [0.05, 0.1) is 6.61 Å². The lowest BCUT2D eigenvalue weighted by Gasteiger charge is -2.24. The van der Waals surface area contributed by atoms with Gasteiger partial charge in [0.15, 0.2) is 0 Å². The molecule has 0 aromatic heterocycles. The molecule has 130 valence electrons. The molecule has 2 atom stereocenters. The van der Waals surface area contributed by atoms with Crippen LogP contribution in [-0.2, 0) is 9.53 Å². The molecule has 2 unspecified atom stereocenters. The molecular formula is C19H30ClNO2. The summed E-state index contributed by atoms with van der Waals surface area (Å²) in [5.74, 6) is 0.320. The predicted molar refractivity (Wildman–Crippen MR) is 96.7 cm³/mol. The Morgan fingerprint density at radius 1 is 1.30 bits per heavy atom. The van der Waals surface area contributed by atoms with Crippen molar-refractivity contribution < 1.29 is 9.53 Å². The van der Waals surface area contributed by atoms with Crippen LogP contribution >= 0.6 is 11.6 Å². The number of nitrogens with one attached hydrogen (secondary N) is 1. The first-order valence-corrected chi connectivity index (χ1v) is 8.77. The van der Waals surface area contributed by atoms with E-state index in [0.29, 0.717) is 23.0 Å². The van der Waals surface area contributed by atoms with E-state index in [0.717, 1.165) is 24.9 Å². The molecule has 0 saturated carbocycles. The summed E-state index contributed by atoms with van der Waals surface area (Å²) in [5, 5.41) is 3.90. The monoisotopic (exact) mass is 339 g/mol. The summed E-state index contributed by atoms with van der Waals surface area (Å²) < 4.78 is 5.19. The van der Waals surface area contributed by atoms with Gasteiger partial charge in [0.2, 0.25) is 0 Å². The number of benzene rings is 1. The molecule has 0 saturated heterocycles. The number of carbonyl (C=O) groups is 1. The lowest BCUT2D eigenvalue weighted by atomic mass is 9.84. The molecule has 0 bridgehead atoms. The summed E-state index contributed by atoms with van der Waals surface area (Å²) in [6.07, 6.45) is 2.17. The van der Waals surface area contributed by atoms with Gasteiger partial charge >= 0.3 is 5.97 Å². The summed E-state index contributed by atoms with van der Waals surface area (Å²) in [7, 11) is 0. The van der Waals surface area contributed by atoms with Crippen molar-refractivity contribution >= 4 is 17.6 Å². The van der Waals surface area contributed by atoms with Gasteiger partial charge in [-0.05, 0) is 49.3 Å². The maximum Gasteiger partial charge on any atom is 0.327 e. The molecule has 0 spiro atoms. The maximum atomic E-state index is 12.3. The Bertz CT molecular complexity index is 496. The summed E-state index contributed by atoms with van der Waals surface area (Å²) >= 11 is 6.24. The van der Waals surface area contributed by atoms with Crippen molar-refractivity contribution in [1.29, 1.82) is 0 Å². The topological polar surface area (TPSA) is 38.3 Å². The minimum Gasteiger partial charge on any atom is -0.465 e. The molecule has 1 N–H and O–H groups in total. The third-order valence-corrected chi connectivity index (χ3v) is 4.03. The normalized spacial score (nSPS) is 14.3. The first kappa shape index (κ1) is 20.0. The van der Waals surface area contributed by atoms with Crippen LogP contribution in [0.2, 0.25) is 5.02 Å². The second-order valence-electron chi connectivity index (χ2n) is 7.32. The molecule has 1 rings (SSSR count). The highest BCUT2D eigenvalue weighted by Crippen LogP contribution is 2.27. The summed E-state index contributed by atoms with van der Waals surface area (Å²) in [6, 6.07) is 6.91. The fourth-order valence-electron chi connectivity index (χ4n) is 2.88. The van der Waals surface area contributed by atoms with Crippen LogP contribution in [-0.4, -0.2) is 19.1 Å². The van der Waals surface area contributed by atoms with Crippen LogP contribution in [0.4, 0.5) is 0 Å². The van der Waals surface area contributed by atoms with Gasteiger partial charge in [0.25, 0.3) is 0 Å². The van der Waals surface area contributed by atoms with Crippen molar-refractivity contribution in [3.8, 4) is 0 Å². The second kappa shape index (κ2) is 9.29. The Morgan fingerprint density at radius 2 is 1.96 bits per heavy atom. The van der Waals surface area contributed by atoms with Crippen LogP contribution in [0, 0.1) is 11.3 Å². The van der Waals surface area contributed by atoms with E-state index < -0.39 is 6.04 Å². The zero-order valence-electron chi connectivity index (χ0n) is 15.0. The maximum absolute atomic E-state index is 12.3. The third-order valence-electron chi connectivity index (χ3n) is 3.68. The Hall–Kier alpha value is -1.06. The fourth-order valence-corrected chi connectivity index (χ4v) is 3.12. The van der Waals surface area contributed by atoms with E-state index in [1.54, 1.807) is 6.07 Å². The molecule has 0 amide bonds. The average molecular weight is 340 g/mol. The van der Waals surface area contributed by atoms with E-state index in [2.05, 4.69) is 33.0 Å². The SMILES string of the molecule is CCOC(=O)C(NCCC(C)CC(C)(C)C)c1ccccc1Cl. The number of esters is 1. The van der Waals surface area contributed by atoms with Gasteiger partial charge in [-0.15, -0.1) is 0 Å². The van der Waals surface area contributed by atoms with Crippen LogP contribution in [0.1, 0.15) is 59.1 Å². The van der Waals surface area contributed by atoms with E-state index in [9.17, 15) is 4.79 Å². The van der Waals surface area contributed by atoms with E-state index in [-0.39, 0.29) is 5.97 Å². The number of hydrogen-bond donors (Lipinski definition) is 1. The van der Waals surface area contributed by atoms with Gasteiger partial charge < -0.3 is 10.1 Å². The number of ether oxygens (including phenoxy) is 1. The van der Waals surface area contributed by atoms with Crippen molar-refractivity contribution in [1.82, 2.24) is 5.32 Å². The summed E-state index contributed by atoms with van der Waals surface area (Å²) in [4.78, 5) is 12.3. The van der Waals surface area contributed by atoms with Gasteiger partial charge in [-0.3, -0.25) is 0 Å². The first-order chi connectivity index (χ1) is 10.7. The van der Waals surface area contributed by atoms with Crippen molar-refractivity contribution in [2.24, 2.45) is 11.3 Å². The molecule has 0 fully saturated rings. The van der Waals surface area contributed by atoms with Crippen LogP contribution in [0.5, 0.6) is 0 Å². The van der Waals surface area contributed by atoms with Gasteiger partial charge in [0.1, 0.15) is 6.04 Å². The van der Waals surface area contributed by atoms with Crippen LogP contribution in [0.25, 0.3) is 0 Å². The average Bonchev–Trinajstić information content (AvgIpc) is 2.43. The standard InChI is InChI=1S/C19H30ClNO2/c1-6-23-18(22)17(15-9-7-8-10-16(15)20)21-12-11-14(2)13-19(3,4)5/h7-10,14,17,21H,6,11-13H2,1-5H3. The van der Waals surface area contributed by atoms with E-state index in [1.807, 2.05) is 25.1 Å². The summed E-state index contributed by atoms with van der Waals surface area (Å²) in [6.45, 7) is 11.9. The van der Waals surface area contributed by atoms with Crippen molar-refractivity contribution in [3.63, 3.8) is 0 Å². The summed E-state index contributed by atoms with van der Waals surface area (Å²) in [5.41, 5.74) is 1.10. The molecule has 0 aliphatic heterocycles. The van der Waals surface area contributed by atoms with E-state index >= 15 is 0 Å². The highest BCUT2D eigenvalue weighted by molar-refractivity contribution is 6.31. The van der Waals surface area contributed by atoms with Crippen molar-refractivity contribution in [3.05, 3.63) is 34.9 Å². The highest BCUT2D eigenvalue weighted by atomic mass is 35.5. The number of carbonyl (C=O) groups excluding carboxylic acids is 1. The Labute approximate surface area is 145 Å². The van der Waals surface area contributed by atoms with Gasteiger partial charge in [-0.25, -0.2) is 4.79 Å². The van der Waals surface area contributed by atoms with Crippen LogP contribution in [0.3, 0.4) is 0 Å². The smallest absolute Gasteiger partial charge is 0.327 e. The number of hydrogen-bond acceptors (Lipinski definition) is 3. The van der Waals surface area contributed by atoms with Crippen molar-refractivity contribution in [2.45, 2.75) is 53.5 Å². The zero-order chi connectivity index (χ0) is 17.5. The molecule has 0 radical (unpaired) electrons. The first-order valence-electron chi connectivity index (χ1n) is 8.39. The predicted octanol–water partition coefficient (Wildman–Crippen LogP) is 5.00. The second-order valence-corrected chi connectivity index (χ2v) is 7.73. The molecule has 0 heterocycles. The molecule has 1 aromatic carbocycles. The lowest BCUT2D eigenvalue weighted by Crippen LogP contribution is -2.32. The van der Waals surface area contributed by atoms with Crippen molar-refractivity contribution in [2.75, 3.05) is 13.2 Å². The largest absolute Gasteiger partial charge is 0.465 e. The molecule has 0 aliphatic rings. The van der Waals surface area contributed by atoms with Crippen LogP contribution in [0.15, 0.2) is 24.3 Å². The molecule has 4 heteroatoms. The molecule has 3 nitrogen and oxygen atoms in total. The Morgan fingerprint density at radius 3 is 2.52 bits per heavy atom. The van der Waals surface area contributed by atoms with Crippen LogP contribution < -0.4 is 5.32 Å². The minimum absolute atomic E-state index is 0.274. The lowest BCUT2D eigenvalue weighted by molar-refractivity contribution is -0.145. The molecular weight excluding hydrogens is 310 g/mol. The zero-order valence-corrected chi connectivity index (χ0v) is 15.7. The quantitative estimate of drug-likeness (QED) is 0.677. The van der Waals surface area contributed by atoms with Gasteiger partial charge in [0, 0.05) is 5.02 Å². The minimum atomic E-state index is -0.509. The van der Waals surface area contributed by atoms with Gasteiger partial charge in [-0.1, -0.05) is 57.5 Å². The van der Waals surface area contributed by atoms with Gasteiger partial charge in [-0.2, -0.15) is 0 Å².